The lowest BCUT2D eigenvalue weighted by atomic mass is 10.0. The first kappa shape index (κ1) is 26.5. The molecule has 49 heavy (non-hydrogen) atoms. The van der Waals surface area contributed by atoms with Crippen LogP contribution in [0.3, 0.4) is 0 Å². The van der Waals surface area contributed by atoms with E-state index in [-0.39, 0.29) is 0 Å². The maximum atomic E-state index is 6.45. The van der Waals surface area contributed by atoms with Gasteiger partial charge in [0.2, 0.25) is 0 Å². The van der Waals surface area contributed by atoms with Gasteiger partial charge in [-0.1, -0.05) is 115 Å². The van der Waals surface area contributed by atoms with Gasteiger partial charge >= 0.3 is 0 Å². The van der Waals surface area contributed by atoms with Crippen molar-refractivity contribution in [3.05, 3.63) is 170 Å². The molecule has 0 aliphatic heterocycles. The summed E-state index contributed by atoms with van der Waals surface area (Å²) >= 11 is 0. The van der Waals surface area contributed by atoms with Gasteiger partial charge < -0.3 is 13.6 Å². The Kier molecular flexibility index (Phi) is 5.38. The highest BCUT2D eigenvalue weighted by Crippen LogP contribution is 2.43. The quantitative estimate of drug-likeness (QED) is 0.192. The molecule has 3 aromatic heterocycles. The topological polar surface area (TPSA) is 23.0 Å². The van der Waals surface area contributed by atoms with Gasteiger partial charge in [0.1, 0.15) is 11.2 Å². The van der Waals surface area contributed by atoms with E-state index in [4.69, 9.17) is 4.42 Å². The highest BCUT2D eigenvalue weighted by atomic mass is 16.3. The Morgan fingerprint density at radius 2 is 0.959 bits per heavy atom. The van der Waals surface area contributed by atoms with Gasteiger partial charge in [-0.15, -0.1) is 0 Å². The molecule has 0 N–H and O–H groups in total. The van der Waals surface area contributed by atoms with E-state index < -0.39 is 0 Å². The van der Waals surface area contributed by atoms with Crippen molar-refractivity contribution in [1.82, 2.24) is 9.13 Å². The molecule has 0 aliphatic carbocycles. The van der Waals surface area contributed by atoms with Crippen molar-refractivity contribution < 1.29 is 4.42 Å². The van der Waals surface area contributed by atoms with Crippen molar-refractivity contribution in [2.75, 3.05) is 0 Å². The van der Waals surface area contributed by atoms with Crippen LogP contribution in [0, 0.1) is 0 Å². The summed E-state index contributed by atoms with van der Waals surface area (Å²) in [6, 6.07) is 61.2. The zero-order valence-electron chi connectivity index (χ0n) is 26.5. The molecule has 0 radical (unpaired) electrons. The molecular formula is C46H28N2O. The third kappa shape index (κ3) is 3.73. The molecule has 11 rings (SSSR count). The molecule has 0 unspecified atom stereocenters. The van der Waals surface area contributed by atoms with Crippen LogP contribution in [0.4, 0.5) is 0 Å². The number of rotatable bonds is 3. The van der Waals surface area contributed by atoms with Crippen LogP contribution in [0.2, 0.25) is 0 Å². The molecule has 0 fully saturated rings. The molecule has 228 valence electrons. The van der Waals surface area contributed by atoms with E-state index in [0.29, 0.717) is 0 Å². The van der Waals surface area contributed by atoms with Crippen LogP contribution in [0.5, 0.6) is 0 Å². The molecule has 0 spiro atoms. The predicted molar refractivity (Wildman–Crippen MR) is 205 cm³/mol. The van der Waals surface area contributed by atoms with Crippen molar-refractivity contribution in [1.29, 1.82) is 0 Å². The normalized spacial score (nSPS) is 12.1. The Labute approximate surface area is 281 Å². The maximum absolute atomic E-state index is 6.45. The maximum Gasteiger partial charge on any atom is 0.143 e. The summed E-state index contributed by atoms with van der Waals surface area (Å²) in [6.45, 7) is 0. The molecule has 0 saturated carbocycles. The van der Waals surface area contributed by atoms with Crippen LogP contribution in [-0.4, -0.2) is 9.13 Å². The van der Waals surface area contributed by atoms with Crippen molar-refractivity contribution in [3.63, 3.8) is 0 Å². The molecule has 3 heterocycles. The monoisotopic (exact) mass is 624 g/mol. The fourth-order valence-corrected chi connectivity index (χ4v) is 8.18. The van der Waals surface area contributed by atoms with E-state index in [1.54, 1.807) is 0 Å². The minimum Gasteiger partial charge on any atom is -0.455 e. The number of hydrogen-bond donors (Lipinski definition) is 0. The number of nitrogens with zero attached hydrogens (tertiary/aromatic N) is 2. The number of hydrogen-bond acceptors (Lipinski definition) is 1. The molecule has 0 amide bonds. The standard InChI is InChI=1S/C46H28N2O/c1-2-12-30-27-33(24-23-29(30)11-1)48-40-21-7-4-17-38(40)45-42(48)26-25-41-44(45)37-16-3-6-20-39(37)47(41)32-14-9-13-31(28-32)34-18-10-19-36-35-15-5-8-22-43(35)49-46(34)36/h1-28H. The third-order valence-corrected chi connectivity index (χ3v) is 10.3. The summed E-state index contributed by atoms with van der Waals surface area (Å²) in [5, 5.41) is 9.82. The summed E-state index contributed by atoms with van der Waals surface area (Å²) in [7, 11) is 0. The van der Waals surface area contributed by atoms with Crippen LogP contribution in [0.1, 0.15) is 0 Å². The summed E-state index contributed by atoms with van der Waals surface area (Å²) in [5.41, 5.74) is 11.1. The first-order chi connectivity index (χ1) is 24.3. The predicted octanol–water partition coefficient (Wildman–Crippen LogP) is 12.6. The largest absolute Gasteiger partial charge is 0.455 e. The van der Waals surface area contributed by atoms with Crippen LogP contribution >= 0.6 is 0 Å². The Balaban J connectivity index is 1.19. The smallest absolute Gasteiger partial charge is 0.143 e. The summed E-state index contributed by atoms with van der Waals surface area (Å²) in [4.78, 5) is 0. The van der Waals surface area contributed by atoms with E-state index in [1.807, 2.05) is 12.1 Å². The van der Waals surface area contributed by atoms with Gasteiger partial charge in [0.05, 0.1) is 22.1 Å². The van der Waals surface area contributed by atoms with Gasteiger partial charge in [0.25, 0.3) is 0 Å². The van der Waals surface area contributed by atoms with Gasteiger partial charge in [-0.3, -0.25) is 0 Å². The average Bonchev–Trinajstić information content (AvgIpc) is 3.82. The minimum absolute atomic E-state index is 0.912. The number of furan rings is 1. The fourth-order valence-electron chi connectivity index (χ4n) is 8.18. The Bertz CT molecular complexity index is 3120. The fraction of sp³-hybridized carbons (Fsp3) is 0. The molecule has 0 bridgehead atoms. The molecule has 3 heteroatoms. The molecule has 0 saturated heterocycles. The summed E-state index contributed by atoms with van der Waals surface area (Å²) in [5.74, 6) is 0. The second kappa shape index (κ2) is 9.96. The number of fused-ring (bicyclic) bond motifs is 11. The van der Waals surface area contributed by atoms with Crippen molar-refractivity contribution >= 4 is 76.3 Å². The van der Waals surface area contributed by atoms with Gasteiger partial charge in [-0.25, -0.2) is 0 Å². The van der Waals surface area contributed by atoms with Crippen molar-refractivity contribution in [2.45, 2.75) is 0 Å². The lowest BCUT2D eigenvalue weighted by Crippen LogP contribution is -1.95. The number of para-hydroxylation sites is 4. The van der Waals surface area contributed by atoms with Gasteiger partial charge in [0.15, 0.2) is 0 Å². The van der Waals surface area contributed by atoms with Crippen LogP contribution < -0.4 is 0 Å². The second-order valence-electron chi connectivity index (χ2n) is 12.9. The van der Waals surface area contributed by atoms with Gasteiger partial charge in [0, 0.05) is 49.3 Å². The first-order valence-electron chi connectivity index (χ1n) is 16.8. The van der Waals surface area contributed by atoms with Crippen LogP contribution in [0.25, 0.3) is 98.8 Å². The molecule has 8 aromatic carbocycles. The second-order valence-corrected chi connectivity index (χ2v) is 12.9. The first-order valence-corrected chi connectivity index (χ1v) is 16.8. The highest BCUT2D eigenvalue weighted by Gasteiger charge is 2.21. The molecule has 3 nitrogen and oxygen atoms in total. The average molecular weight is 625 g/mol. The molecule has 11 aromatic rings. The zero-order chi connectivity index (χ0) is 32.1. The Morgan fingerprint density at radius 1 is 0.367 bits per heavy atom. The number of aromatic nitrogens is 2. The van der Waals surface area contributed by atoms with Crippen molar-refractivity contribution in [3.8, 4) is 22.5 Å². The minimum atomic E-state index is 0.912. The Morgan fingerprint density at radius 3 is 1.71 bits per heavy atom. The summed E-state index contributed by atoms with van der Waals surface area (Å²) < 4.78 is 11.3. The zero-order valence-corrected chi connectivity index (χ0v) is 26.5. The molecule has 0 atom stereocenters. The van der Waals surface area contributed by atoms with Gasteiger partial charge in [-0.05, 0) is 70.9 Å². The van der Waals surface area contributed by atoms with E-state index in [2.05, 4.69) is 167 Å². The molecular weight excluding hydrogens is 597 g/mol. The Hall–Kier alpha value is -6.58. The van der Waals surface area contributed by atoms with E-state index in [1.165, 1.54) is 60.1 Å². The van der Waals surface area contributed by atoms with Crippen LogP contribution in [0.15, 0.2) is 174 Å². The molecule has 0 aliphatic rings. The van der Waals surface area contributed by atoms with E-state index in [9.17, 15) is 0 Å². The van der Waals surface area contributed by atoms with E-state index >= 15 is 0 Å². The lowest BCUT2D eigenvalue weighted by Gasteiger charge is -2.11. The SMILES string of the molecule is c1cc(-c2cccc3c2oc2ccccc23)cc(-n2c3ccccc3c3c4c5ccccc5n(-c5ccc6ccccc6c5)c4ccc32)c1. The van der Waals surface area contributed by atoms with Gasteiger partial charge in [-0.2, -0.15) is 0 Å². The number of benzene rings is 8. The third-order valence-electron chi connectivity index (χ3n) is 10.3. The van der Waals surface area contributed by atoms with Crippen LogP contribution in [-0.2, 0) is 0 Å². The van der Waals surface area contributed by atoms with Crippen molar-refractivity contribution in [2.24, 2.45) is 0 Å². The van der Waals surface area contributed by atoms with E-state index in [0.717, 1.165) is 38.8 Å². The lowest BCUT2D eigenvalue weighted by molar-refractivity contribution is 0.670. The summed E-state index contributed by atoms with van der Waals surface area (Å²) in [6.07, 6.45) is 0. The highest BCUT2D eigenvalue weighted by molar-refractivity contribution is 6.29.